The van der Waals surface area contributed by atoms with Crippen molar-refractivity contribution in [3.05, 3.63) is 36.0 Å². The first-order valence-electron chi connectivity index (χ1n) is 6.54. The number of aromatic nitrogens is 3. The molecular weight excluding hydrogens is 256 g/mol. The Labute approximate surface area is 117 Å². The number of hydrogen-bond donors (Lipinski definition) is 2. The highest BCUT2D eigenvalue weighted by molar-refractivity contribution is 8.00. The SMILES string of the molecule is CSC1(CNCc2n[nH]nc2-c2ccccc2)CC1. The second kappa shape index (κ2) is 5.35. The number of aromatic amines is 1. The molecule has 0 bridgehead atoms. The van der Waals surface area contributed by atoms with Gasteiger partial charge < -0.3 is 5.32 Å². The van der Waals surface area contributed by atoms with Gasteiger partial charge in [0.2, 0.25) is 0 Å². The minimum atomic E-state index is 0.483. The number of hydrogen-bond acceptors (Lipinski definition) is 4. The van der Waals surface area contributed by atoms with Crippen LogP contribution in [0.5, 0.6) is 0 Å². The molecule has 1 aliphatic carbocycles. The summed E-state index contributed by atoms with van der Waals surface area (Å²) in [6, 6.07) is 10.2. The van der Waals surface area contributed by atoms with Gasteiger partial charge in [0.05, 0.1) is 0 Å². The number of H-pyrrole nitrogens is 1. The van der Waals surface area contributed by atoms with Gasteiger partial charge in [-0.15, -0.1) is 0 Å². The van der Waals surface area contributed by atoms with Crippen LogP contribution in [0.15, 0.2) is 30.3 Å². The van der Waals surface area contributed by atoms with Crippen LogP contribution in [0.1, 0.15) is 18.5 Å². The van der Waals surface area contributed by atoms with E-state index in [0.29, 0.717) is 4.75 Å². The third-order valence-electron chi connectivity index (χ3n) is 3.65. The Morgan fingerprint density at radius 2 is 2.05 bits per heavy atom. The Bertz CT molecular complexity index is 533. The van der Waals surface area contributed by atoms with Crippen LogP contribution in [-0.4, -0.2) is 33.0 Å². The average Bonchev–Trinajstić information content (AvgIpc) is 3.09. The first kappa shape index (κ1) is 12.7. The molecule has 1 saturated carbocycles. The standard InChI is InChI=1S/C14H18N4S/c1-19-14(7-8-14)10-15-9-12-13(17-18-16-12)11-5-3-2-4-6-11/h2-6,15H,7-10H2,1H3,(H,16,17,18). The fourth-order valence-electron chi connectivity index (χ4n) is 2.20. The molecule has 0 amide bonds. The molecule has 1 heterocycles. The van der Waals surface area contributed by atoms with E-state index in [1.165, 1.54) is 12.8 Å². The monoisotopic (exact) mass is 274 g/mol. The molecule has 4 nitrogen and oxygen atoms in total. The van der Waals surface area contributed by atoms with Gasteiger partial charge in [-0.05, 0) is 19.1 Å². The van der Waals surface area contributed by atoms with E-state index in [-0.39, 0.29) is 0 Å². The highest BCUT2D eigenvalue weighted by atomic mass is 32.2. The third-order valence-corrected chi connectivity index (χ3v) is 5.07. The van der Waals surface area contributed by atoms with Crippen LogP contribution in [0.2, 0.25) is 0 Å². The predicted molar refractivity (Wildman–Crippen MR) is 79.0 cm³/mol. The molecule has 3 rings (SSSR count). The van der Waals surface area contributed by atoms with E-state index in [9.17, 15) is 0 Å². The molecule has 2 aromatic rings. The van der Waals surface area contributed by atoms with Crippen molar-refractivity contribution >= 4 is 11.8 Å². The molecule has 19 heavy (non-hydrogen) atoms. The second-order valence-corrected chi connectivity index (χ2v) is 6.25. The summed E-state index contributed by atoms with van der Waals surface area (Å²) in [6.45, 7) is 1.82. The average molecular weight is 274 g/mol. The molecule has 100 valence electrons. The molecule has 0 atom stereocenters. The van der Waals surface area contributed by atoms with Crippen molar-refractivity contribution in [2.45, 2.75) is 24.1 Å². The molecule has 0 aliphatic heterocycles. The van der Waals surface area contributed by atoms with Crippen molar-refractivity contribution < 1.29 is 0 Å². The van der Waals surface area contributed by atoms with Crippen LogP contribution >= 0.6 is 11.8 Å². The largest absolute Gasteiger partial charge is 0.310 e. The van der Waals surface area contributed by atoms with Crippen molar-refractivity contribution in [3.8, 4) is 11.3 Å². The van der Waals surface area contributed by atoms with Crippen LogP contribution in [-0.2, 0) is 6.54 Å². The summed E-state index contributed by atoms with van der Waals surface area (Å²) < 4.78 is 0.483. The lowest BCUT2D eigenvalue weighted by Gasteiger charge is -2.12. The van der Waals surface area contributed by atoms with E-state index < -0.39 is 0 Å². The quantitative estimate of drug-likeness (QED) is 0.849. The van der Waals surface area contributed by atoms with Gasteiger partial charge >= 0.3 is 0 Å². The van der Waals surface area contributed by atoms with Crippen LogP contribution < -0.4 is 5.32 Å². The zero-order valence-electron chi connectivity index (χ0n) is 11.0. The Morgan fingerprint density at radius 3 is 2.74 bits per heavy atom. The summed E-state index contributed by atoms with van der Waals surface area (Å²) in [5, 5.41) is 14.7. The van der Waals surface area contributed by atoms with Gasteiger partial charge in [-0.1, -0.05) is 30.3 Å². The molecule has 0 spiro atoms. The minimum Gasteiger partial charge on any atom is -0.310 e. The van der Waals surface area contributed by atoms with Crippen LogP contribution in [0.25, 0.3) is 11.3 Å². The molecule has 0 saturated heterocycles. The van der Waals surface area contributed by atoms with Crippen molar-refractivity contribution in [2.24, 2.45) is 0 Å². The summed E-state index contributed by atoms with van der Waals surface area (Å²) in [4.78, 5) is 0. The lowest BCUT2D eigenvalue weighted by Crippen LogP contribution is -2.25. The molecule has 5 heteroatoms. The first-order valence-corrected chi connectivity index (χ1v) is 7.76. The fourth-order valence-corrected chi connectivity index (χ4v) is 2.96. The van der Waals surface area contributed by atoms with Crippen LogP contribution in [0.3, 0.4) is 0 Å². The van der Waals surface area contributed by atoms with E-state index >= 15 is 0 Å². The van der Waals surface area contributed by atoms with Gasteiger partial charge in [-0.25, -0.2) is 0 Å². The lowest BCUT2D eigenvalue weighted by molar-refractivity contribution is 0.652. The Morgan fingerprint density at radius 1 is 1.26 bits per heavy atom. The zero-order valence-corrected chi connectivity index (χ0v) is 11.8. The minimum absolute atomic E-state index is 0.483. The summed E-state index contributed by atoms with van der Waals surface area (Å²) >= 11 is 1.97. The van der Waals surface area contributed by atoms with Crippen molar-refractivity contribution in [2.75, 3.05) is 12.8 Å². The summed E-state index contributed by atoms with van der Waals surface area (Å²) in [5.41, 5.74) is 3.05. The third kappa shape index (κ3) is 2.82. The molecular formula is C14H18N4S. The van der Waals surface area contributed by atoms with E-state index in [2.05, 4.69) is 39.1 Å². The highest BCUT2D eigenvalue weighted by Crippen LogP contribution is 2.46. The lowest BCUT2D eigenvalue weighted by atomic mass is 10.1. The van der Waals surface area contributed by atoms with Crippen LogP contribution in [0, 0.1) is 0 Å². The maximum Gasteiger partial charge on any atom is 0.117 e. The normalized spacial score (nSPS) is 16.5. The summed E-state index contributed by atoms with van der Waals surface area (Å²) in [6.07, 6.45) is 4.84. The highest BCUT2D eigenvalue weighted by Gasteiger charge is 2.41. The van der Waals surface area contributed by atoms with E-state index in [1.807, 2.05) is 30.0 Å². The van der Waals surface area contributed by atoms with Crippen molar-refractivity contribution in [3.63, 3.8) is 0 Å². The van der Waals surface area contributed by atoms with Gasteiger partial charge in [0.15, 0.2) is 0 Å². The summed E-state index contributed by atoms with van der Waals surface area (Å²) in [5.74, 6) is 0. The Hall–Kier alpha value is -1.33. The van der Waals surface area contributed by atoms with E-state index in [0.717, 1.165) is 30.0 Å². The molecule has 1 aliphatic rings. The predicted octanol–water partition coefficient (Wildman–Crippen LogP) is 2.46. The summed E-state index contributed by atoms with van der Waals surface area (Å²) in [7, 11) is 0. The van der Waals surface area contributed by atoms with Crippen LogP contribution in [0.4, 0.5) is 0 Å². The van der Waals surface area contributed by atoms with Gasteiger partial charge in [-0.3, -0.25) is 0 Å². The zero-order chi connectivity index (χ0) is 13.1. The number of thioether (sulfide) groups is 1. The smallest absolute Gasteiger partial charge is 0.117 e. The molecule has 1 aromatic carbocycles. The van der Waals surface area contributed by atoms with E-state index in [4.69, 9.17) is 0 Å². The fraction of sp³-hybridized carbons (Fsp3) is 0.429. The maximum absolute atomic E-state index is 4.26. The number of nitrogens with one attached hydrogen (secondary N) is 2. The van der Waals surface area contributed by atoms with Gasteiger partial charge in [0.25, 0.3) is 0 Å². The molecule has 2 N–H and O–H groups in total. The van der Waals surface area contributed by atoms with Gasteiger partial charge in [0.1, 0.15) is 11.4 Å². The molecule has 1 aromatic heterocycles. The molecule has 0 radical (unpaired) electrons. The molecule has 0 unspecified atom stereocenters. The Balaban J connectivity index is 1.64. The van der Waals surface area contributed by atoms with Gasteiger partial charge in [0, 0.05) is 23.4 Å². The van der Waals surface area contributed by atoms with Gasteiger partial charge in [-0.2, -0.15) is 27.2 Å². The number of rotatable bonds is 6. The topological polar surface area (TPSA) is 53.6 Å². The number of nitrogens with zero attached hydrogens (tertiary/aromatic N) is 2. The number of benzene rings is 1. The van der Waals surface area contributed by atoms with Crippen molar-refractivity contribution in [1.29, 1.82) is 0 Å². The molecule has 1 fully saturated rings. The maximum atomic E-state index is 4.26. The first-order chi connectivity index (χ1) is 9.33. The van der Waals surface area contributed by atoms with E-state index in [1.54, 1.807) is 0 Å². The second-order valence-electron chi connectivity index (χ2n) is 4.98. The Kier molecular flexibility index (Phi) is 3.57. The van der Waals surface area contributed by atoms with Crippen molar-refractivity contribution in [1.82, 2.24) is 20.7 Å².